The summed E-state index contributed by atoms with van der Waals surface area (Å²) in [5.74, 6) is 0.106. The Kier molecular flexibility index (Phi) is 4.93. The van der Waals surface area contributed by atoms with Crippen molar-refractivity contribution in [1.82, 2.24) is 0 Å². The lowest BCUT2D eigenvalue weighted by Gasteiger charge is -2.06. The van der Waals surface area contributed by atoms with E-state index in [0.29, 0.717) is 0 Å². The lowest BCUT2D eigenvalue weighted by Crippen LogP contribution is -2.06. The Balaban J connectivity index is 3.08. The van der Waals surface area contributed by atoms with E-state index < -0.39 is 22.3 Å². The number of hydrogen-bond acceptors (Lipinski definition) is 4. The first kappa shape index (κ1) is 14.0. The molecule has 0 bridgehead atoms. The molecule has 1 aromatic rings. The van der Waals surface area contributed by atoms with Gasteiger partial charge in [0.2, 0.25) is 0 Å². The molecule has 0 fully saturated rings. The average molecular weight is 296 g/mol. The molecule has 0 aromatic heterocycles. The Bertz CT molecular complexity index is 452. The molecule has 0 spiro atoms. The summed E-state index contributed by atoms with van der Waals surface area (Å²) in [4.78, 5) is 32.5. The Labute approximate surface area is 111 Å². The van der Waals surface area contributed by atoms with E-state index in [1.807, 2.05) is 0 Å². The molecule has 0 saturated heterocycles. The highest BCUT2D eigenvalue weighted by Crippen LogP contribution is 2.20. The molecule has 0 N–H and O–H groups in total. The predicted molar refractivity (Wildman–Crippen MR) is 63.2 cm³/mol. The van der Waals surface area contributed by atoms with Gasteiger partial charge in [-0.25, -0.2) is 0 Å². The van der Waals surface area contributed by atoms with Crippen molar-refractivity contribution in [2.24, 2.45) is 0 Å². The number of benzene rings is 1. The van der Waals surface area contributed by atoms with Crippen LogP contribution in [0.1, 0.15) is 20.7 Å². The summed E-state index contributed by atoms with van der Waals surface area (Å²) < 4.78 is 4.95. The standard InChI is InChI=1S/C10H5Cl3O4/c11-8(14)4-17-7-2-5(9(12)15)1-6(3-7)10(13)16/h1-3H,4H2. The lowest BCUT2D eigenvalue weighted by atomic mass is 10.1. The summed E-state index contributed by atoms with van der Waals surface area (Å²) in [6, 6.07) is 3.77. The Morgan fingerprint density at radius 3 is 1.76 bits per heavy atom. The molecule has 17 heavy (non-hydrogen) atoms. The summed E-state index contributed by atoms with van der Waals surface area (Å²) >= 11 is 15.6. The van der Waals surface area contributed by atoms with Crippen molar-refractivity contribution in [3.63, 3.8) is 0 Å². The van der Waals surface area contributed by atoms with Crippen LogP contribution < -0.4 is 4.74 Å². The van der Waals surface area contributed by atoms with Gasteiger partial charge in [0.15, 0.2) is 6.61 Å². The first-order valence-corrected chi connectivity index (χ1v) is 5.39. The fourth-order valence-electron chi connectivity index (χ4n) is 1.05. The average Bonchev–Trinajstić information content (AvgIpc) is 2.25. The van der Waals surface area contributed by atoms with Crippen LogP contribution in [0, 0.1) is 0 Å². The molecule has 0 heterocycles. The molecule has 0 saturated carbocycles. The molecule has 0 aliphatic carbocycles. The molecule has 0 aliphatic heterocycles. The van der Waals surface area contributed by atoms with Gasteiger partial charge in [-0.3, -0.25) is 14.4 Å². The van der Waals surface area contributed by atoms with E-state index >= 15 is 0 Å². The molecular formula is C10H5Cl3O4. The second-order valence-electron chi connectivity index (χ2n) is 2.94. The minimum Gasteiger partial charge on any atom is -0.484 e. The molecule has 0 unspecified atom stereocenters. The van der Waals surface area contributed by atoms with E-state index in [1.54, 1.807) is 0 Å². The van der Waals surface area contributed by atoms with Crippen LogP contribution in [-0.2, 0) is 4.79 Å². The Morgan fingerprint density at radius 1 is 0.941 bits per heavy atom. The van der Waals surface area contributed by atoms with Gasteiger partial charge in [0.25, 0.3) is 15.7 Å². The van der Waals surface area contributed by atoms with Gasteiger partial charge in [0, 0.05) is 11.1 Å². The maximum Gasteiger partial charge on any atom is 0.259 e. The van der Waals surface area contributed by atoms with E-state index in [2.05, 4.69) is 0 Å². The third-order valence-electron chi connectivity index (χ3n) is 1.71. The van der Waals surface area contributed by atoms with Crippen LogP contribution in [0.3, 0.4) is 0 Å². The lowest BCUT2D eigenvalue weighted by molar-refractivity contribution is -0.113. The molecule has 1 aromatic carbocycles. The van der Waals surface area contributed by atoms with Crippen LogP contribution in [-0.4, -0.2) is 22.3 Å². The van der Waals surface area contributed by atoms with Crippen LogP contribution in [0.2, 0.25) is 0 Å². The third-order valence-corrected chi connectivity index (χ3v) is 2.26. The van der Waals surface area contributed by atoms with E-state index in [0.717, 1.165) is 0 Å². The van der Waals surface area contributed by atoms with Gasteiger partial charge in [-0.15, -0.1) is 0 Å². The van der Waals surface area contributed by atoms with Crippen LogP contribution in [0.5, 0.6) is 5.75 Å². The van der Waals surface area contributed by atoms with Crippen LogP contribution in [0.4, 0.5) is 0 Å². The first-order chi connectivity index (χ1) is 7.90. The van der Waals surface area contributed by atoms with Crippen LogP contribution >= 0.6 is 34.8 Å². The van der Waals surface area contributed by atoms with E-state index in [-0.39, 0.29) is 16.9 Å². The topological polar surface area (TPSA) is 60.4 Å². The highest BCUT2D eigenvalue weighted by Gasteiger charge is 2.11. The summed E-state index contributed by atoms with van der Waals surface area (Å²) in [5.41, 5.74) is 0.0744. The zero-order valence-electron chi connectivity index (χ0n) is 8.21. The largest absolute Gasteiger partial charge is 0.484 e. The van der Waals surface area contributed by atoms with E-state index in [9.17, 15) is 14.4 Å². The van der Waals surface area contributed by atoms with Gasteiger partial charge in [0.05, 0.1) is 0 Å². The zero-order valence-corrected chi connectivity index (χ0v) is 10.5. The third kappa shape index (κ3) is 4.34. The molecule has 0 amide bonds. The quantitative estimate of drug-likeness (QED) is 0.783. The molecule has 0 atom stereocenters. The number of hydrogen-bond donors (Lipinski definition) is 0. The number of carbonyl (C=O) groups is 3. The molecule has 7 heteroatoms. The van der Waals surface area contributed by atoms with Crippen molar-refractivity contribution in [2.75, 3.05) is 6.61 Å². The monoisotopic (exact) mass is 294 g/mol. The first-order valence-electron chi connectivity index (χ1n) is 4.26. The molecular weight excluding hydrogens is 290 g/mol. The van der Waals surface area contributed by atoms with Gasteiger partial charge in [-0.1, -0.05) is 0 Å². The number of halogens is 3. The summed E-state index contributed by atoms with van der Waals surface area (Å²) in [5, 5.41) is -2.26. The van der Waals surface area contributed by atoms with Crippen molar-refractivity contribution >= 4 is 50.5 Å². The molecule has 90 valence electrons. The fraction of sp³-hybridized carbons (Fsp3) is 0.100. The van der Waals surface area contributed by atoms with Crippen LogP contribution in [0.15, 0.2) is 18.2 Å². The molecule has 1 rings (SSSR count). The highest BCUT2D eigenvalue weighted by molar-refractivity contribution is 6.69. The minimum absolute atomic E-state index is 0.0372. The fourth-order valence-corrected chi connectivity index (χ4v) is 1.32. The molecule has 4 nitrogen and oxygen atoms in total. The maximum absolute atomic E-state index is 11.0. The minimum atomic E-state index is -0.771. The van der Waals surface area contributed by atoms with Crippen molar-refractivity contribution in [3.8, 4) is 5.75 Å². The summed E-state index contributed by atoms with van der Waals surface area (Å²) in [6.07, 6.45) is 0. The molecule has 0 aliphatic rings. The number of rotatable bonds is 5. The zero-order chi connectivity index (χ0) is 13.0. The van der Waals surface area contributed by atoms with Crippen molar-refractivity contribution in [3.05, 3.63) is 29.3 Å². The Hall–Kier alpha value is -1.10. The van der Waals surface area contributed by atoms with Crippen molar-refractivity contribution in [1.29, 1.82) is 0 Å². The van der Waals surface area contributed by atoms with Gasteiger partial charge in [-0.05, 0) is 53.0 Å². The van der Waals surface area contributed by atoms with Gasteiger partial charge in [-0.2, -0.15) is 0 Å². The maximum atomic E-state index is 11.0. The second-order valence-corrected chi connectivity index (χ2v) is 4.05. The van der Waals surface area contributed by atoms with Gasteiger partial charge < -0.3 is 4.74 Å². The SMILES string of the molecule is O=C(Cl)COc1cc(C(=O)Cl)cc(C(=O)Cl)c1. The van der Waals surface area contributed by atoms with E-state index in [4.69, 9.17) is 39.5 Å². The second kappa shape index (κ2) is 6.00. The van der Waals surface area contributed by atoms with E-state index in [1.165, 1.54) is 18.2 Å². The van der Waals surface area contributed by atoms with Gasteiger partial charge >= 0.3 is 0 Å². The normalized spacial score (nSPS) is 9.82. The van der Waals surface area contributed by atoms with Crippen molar-refractivity contribution in [2.45, 2.75) is 0 Å². The van der Waals surface area contributed by atoms with Crippen molar-refractivity contribution < 1.29 is 19.1 Å². The smallest absolute Gasteiger partial charge is 0.259 e. The Morgan fingerprint density at radius 2 is 1.41 bits per heavy atom. The van der Waals surface area contributed by atoms with Gasteiger partial charge in [0.1, 0.15) is 5.75 Å². The van der Waals surface area contributed by atoms with Crippen LogP contribution in [0.25, 0.3) is 0 Å². The number of ether oxygens (including phenoxy) is 1. The highest BCUT2D eigenvalue weighted by atomic mass is 35.5. The predicted octanol–water partition coefficient (Wildman–Crippen LogP) is 2.59. The summed E-state index contributed by atoms with van der Waals surface area (Å²) in [7, 11) is 0. The summed E-state index contributed by atoms with van der Waals surface area (Å²) in [6.45, 7) is -0.391. The molecule has 0 radical (unpaired) electrons. The number of carbonyl (C=O) groups excluding carboxylic acids is 3.